The summed E-state index contributed by atoms with van der Waals surface area (Å²) < 4.78 is 0. The van der Waals surface area contributed by atoms with Crippen LogP contribution >= 0.6 is 0 Å². The number of aliphatic hydroxyl groups is 1. The first-order valence-corrected chi connectivity index (χ1v) is 3.86. The quantitative estimate of drug-likeness (QED) is 0.646. The summed E-state index contributed by atoms with van der Waals surface area (Å²) in [5, 5.41) is 16.0. The number of aliphatic carboxylic acids is 1. The number of carbonyl (C=O) groups excluding carboxylic acids is 1. The zero-order chi connectivity index (χ0) is 9.82. The highest BCUT2D eigenvalue weighted by Gasteiger charge is 1.91. The normalized spacial score (nSPS) is 8.17. The third-order valence-electron chi connectivity index (χ3n) is 0.901. The molecule has 0 aromatic heterocycles. The number of rotatable bonds is 5. The van der Waals surface area contributed by atoms with Gasteiger partial charge in [0.1, 0.15) is 0 Å². The highest BCUT2D eigenvalue weighted by Crippen LogP contribution is 1.83. The minimum Gasteiger partial charge on any atom is -0.481 e. The molecular weight excluding hydrogens is 160 g/mol. The van der Waals surface area contributed by atoms with Gasteiger partial charge in [0.2, 0.25) is 0 Å². The van der Waals surface area contributed by atoms with E-state index in [4.69, 9.17) is 10.2 Å². The molecular formula is C8H15O4. The van der Waals surface area contributed by atoms with Gasteiger partial charge < -0.3 is 10.2 Å². The summed E-state index contributed by atoms with van der Waals surface area (Å²) in [6.45, 7) is 1.91. The van der Waals surface area contributed by atoms with Gasteiger partial charge in [-0.25, -0.2) is 0 Å². The first-order valence-electron chi connectivity index (χ1n) is 3.86. The number of unbranched alkanes of at least 4 members (excludes halogenated alkanes) is 1. The third kappa shape index (κ3) is 23.0. The van der Waals surface area contributed by atoms with Crippen LogP contribution in [-0.2, 0) is 9.59 Å². The van der Waals surface area contributed by atoms with E-state index in [-0.39, 0.29) is 13.0 Å². The minimum atomic E-state index is -0.853. The van der Waals surface area contributed by atoms with Crippen molar-refractivity contribution in [2.75, 3.05) is 6.61 Å². The lowest BCUT2D eigenvalue weighted by Crippen LogP contribution is -1.95. The van der Waals surface area contributed by atoms with E-state index in [2.05, 4.69) is 0 Å². The Morgan fingerprint density at radius 3 is 2.17 bits per heavy atom. The Balaban J connectivity index is 0. The van der Waals surface area contributed by atoms with Crippen LogP contribution in [0.25, 0.3) is 0 Å². The molecule has 0 rings (SSSR count). The summed E-state index contributed by atoms with van der Waals surface area (Å²) in [4.78, 5) is 18.9. The van der Waals surface area contributed by atoms with E-state index in [9.17, 15) is 9.59 Å². The second-order valence-electron chi connectivity index (χ2n) is 2.12. The Labute approximate surface area is 72.2 Å². The first kappa shape index (κ1) is 13.7. The predicted molar refractivity (Wildman–Crippen MR) is 44.6 cm³/mol. The molecule has 0 fully saturated rings. The highest BCUT2D eigenvalue weighted by molar-refractivity contribution is 5.66. The van der Waals surface area contributed by atoms with Gasteiger partial charge >= 0.3 is 5.97 Å². The maximum absolute atomic E-state index is 9.65. The van der Waals surface area contributed by atoms with Crippen LogP contribution in [-0.4, -0.2) is 29.1 Å². The molecule has 0 bridgehead atoms. The number of carboxylic acid groups (broad SMARTS) is 1. The molecule has 0 aliphatic carbocycles. The Bertz CT molecular complexity index is 112. The van der Waals surface area contributed by atoms with Crippen molar-refractivity contribution < 1.29 is 19.8 Å². The molecule has 1 radical (unpaired) electrons. The second-order valence-corrected chi connectivity index (χ2v) is 2.12. The van der Waals surface area contributed by atoms with Crippen LogP contribution in [0.2, 0.25) is 0 Å². The molecule has 0 aromatic carbocycles. The Morgan fingerprint density at radius 1 is 1.50 bits per heavy atom. The average Bonchev–Trinajstić information content (AvgIpc) is 2.03. The molecule has 4 nitrogen and oxygen atoms in total. The molecule has 0 amide bonds. The lowest BCUT2D eigenvalue weighted by Gasteiger charge is -1.85. The molecule has 0 aliphatic rings. The smallest absolute Gasteiger partial charge is 0.303 e. The number of hydrogen-bond acceptors (Lipinski definition) is 3. The molecule has 4 heteroatoms. The van der Waals surface area contributed by atoms with Crippen LogP contribution in [0.5, 0.6) is 0 Å². The van der Waals surface area contributed by atoms with Crippen LogP contribution < -0.4 is 0 Å². The van der Waals surface area contributed by atoms with Gasteiger partial charge in [-0.3, -0.25) is 9.59 Å². The number of aliphatic hydroxyl groups excluding tert-OH is 1. The second kappa shape index (κ2) is 12.7. The summed E-state index contributed by atoms with van der Waals surface area (Å²) in [5.74, 6) is -0.853. The van der Waals surface area contributed by atoms with E-state index in [1.807, 2.05) is 6.92 Å². The van der Waals surface area contributed by atoms with Crippen molar-refractivity contribution >= 4 is 12.3 Å². The van der Waals surface area contributed by atoms with E-state index >= 15 is 0 Å². The number of hydrogen-bond donors (Lipinski definition) is 2. The maximum Gasteiger partial charge on any atom is 0.303 e. The van der Waals surface area contributed by atoms with Crippen LogP contribution in [0.15, 0.2) is 0 Å². The predicted octanol–water partition coefficient (Wildman–Crippen LogP) is 0.740. The van der Waals surface area contributed by atoms with E-state index in [1.54, 1.807) is 6.29 Å². The Hall–Kier alpha value is -0.900. The molecule has 2 N–H and O–H groups in total. The number of carbonyl (C=O) groups is 1. The zero-order valence-electron chi connectivity index (χ0n) is 7.25. The van der Waals surface area contributed by atoms with Gasteiger partial charge in [0, 0.05) is 19.4 Å². The van der Waals surface area contributed by atoms with Crippen molar-refractivity contribution in [2.24, 2.45) is 0 Å². The SMILES string of the molecule is CCC[C]=O.O=C(O)CCCO. The first-order chi connectivity index (χ1) is 5.68. The fraction of sp³-hybridized carbons (Fsp3) is 0.750. The summed E-state index contributed by atoms with van der Waals surface area (Å²) in [6, 6.07) is 0. The molecule has 0 saturated heterocycles. The van der Waals surface area contributed by atoms with Crippen LogP contribution in [0.1, 0.15) is 32.6 Å². The van der Waals surface area contributed by atoms with Crippen molar-refractivity contribution in [3.05, 3.63) is 0 Å². The van der Waals surface area contributed by atoms with Crippen LogP contribution in [0, 0.1) is 0 Å². The Morgan fingerprint density at radius 2 is 2.08 bits per heavy atom. The molecule has 0 aromatic rings. The molecule has 0 heterocycles. The maximum atomic E-state index is 9.65. The molecule has 0 saturated carbocycles. The lowest BCUT2D eigenvalue weighted by molar-refractivity contribution is -0.137. The monoisotopic (exact) mass is 175 g/mol. The van der Waals surface area contributed by atoms with Crippen LogP contribution in [0.3, 0.4) is 0 Å². The summed E-state index contributed by atoms with van der Waals surface area (Å²) in [6.07, 6.45) is 3.69. The fourth-order valence-electron chi connectivity index (χ4n) is 0.332. The minimum absolute atomic E-state index is 0.0354. The number of carboxylic acids is 1. The van der Waals surface area contributed by atoms with Gasteiger partial charge in [-0.05, 0) is 12.8 Å². The zero-order valence-corrected chi connectivity index (χ0v) is 7.25. The Kier molecular flexibility index (Phi) is 14.5. The summed E-state index contributed by atoms with van der Waals surface area (Å²) >= 11 is 0. The van der Waals surface area contributed by atoms with Crippen molar-refractivity contribution in [3.63, 3.8) is 0 Å². The summed E-state index contributed by atoms with van der Waals surface area (Å²) in [7, 11) is 0. The van der Waals surface area contributed by atoms with Crippen molar-refractivity contribution in [3.8, 4) is 0 Å². The van der Waals surface area contributed by atoms with Gasteiger partial charge in [0.25, 0.3) is 0 Å². The van der Waals surface area contributed by atoms with E-state index in [1.165, 1.54) is 0 Å². The molecule has 0 spiro atoms. The van der Waals surface area contributed by atoms with Gasteiger partial charge in [0.05, 0.1) is 0 Å². The van der Waals surface area contributed by atoms with Crippen molar-refractivity contribution in [1.29, 1.82) is 0 Å². The average molecular weight is 175 g/mol. The van der Waals surface area contributed by atoms with Gasteiger partial charge in [-0.2, -0.15) is 0 Å². The van der Waals surface area contributed by atoms with Crippen molar-refractivity contribution in [1.82, 2.24) is 0 Å². The van der Waals surface area contributed by atoms with Crippen LogP contribution in [0.4, 0.5) is 0 Å². The van der Waals surface area contributed by atoms with E-state index in [0.29, 0.717) is 12.8 Å². The molecule has 0 atom stereocenters. The van der Waals surface area contributed by atoms with Gasteiger partial charge in [0.15, 0.2) is 6.29 Å². The standard InChI is InChI=1S/C4H8O3.C4H7O/c5-3-1-2-4(6)7;1-2-3-4-5/h5H,1-3H2,(H,6,7);2-3H2,1H3. The fourth-order valence-corrected chi connectivity index (χ4v) is 0.332. The topological polar surface area (TPSA) is 74.6 Å². The summed E-state index contributed by atoms with van der Waals surface area (Å²) in [5.41, 5.74) is 0. The lowest BCUT2D eigenvalue weighted by atomic mass is 10.3. The van der Waals surface area contributed by atoms with E-state index in [0.717, 1.165) is 6.42 Å². The molecule has 0 unspecified atom stereocenters. The molecule has 12 heavy (non-hydrogen) atoms. The van der Waals surface area contributed by atoms with E-state index < -0.39 is 5.97 Å². The highest BCUT2D eigenvalue weighted by atomic mass is 16.4. The van der Waals surface area contributed by atoms with Gasteiger partial charge in [-0.1, -0.05) is 6.92 Å². The molecule has 71 valence electrons. The largest absolute Gasteiger partial charge is 0.481 e. The van der Waals surface area contributed by atoms with Crippen molar-refractivity contribution in [2.45, 2.75) is 32.6 Å². The van der Waals surface area contributed by atoms with Gasteiger partial charge in [-0.15, -0.1) is 0 Å². The third-order valence-corrected chi connectivity index (χ3v) is 0.901. The molecule has 0 aliphatic heterocycles.